The molecule has 0 bridgehead atoms. The van der Waals surface area contributed by atoms with Crippen LogP contribution in [0, 0.1) is 6.92 Å². The van der Waals surface area contributed by atoms with Crippen LogP contribution in [0.5, 0.6) is 0 Å². The van der Waals surface area contributed by atoms with Gasteiger partial charge in [0.25, 0.3) is 6.01 Å². The minimum atomic E-state index is 0.171. The first-order chi connectivity index (χ1) is 7.74. The predicted octanol–water partition coefficient (Wildman–Crippen LogP) is 2.37. The maximum atomic E-state index is 5.50. The Morgan fingerprint density at radius 3 is 2.94 bits per heavy atom. The van der Waals surface area contributed by atoms with Crippen LogP contribution in [0.15, 0.2) is 33.4 Å². The summed E-state index contributed by atoms with van der Waals surface area (Å²) in [6, 6.07) is 5.82. The van der Waals surface area contributed by atoms with E-state index in [2.05, 4.69) is 9.97 Å². The van der Waals surface area contributed by atoms with Crippen LogP contribution >= 0.6 is 0 Å². The fourth-order valence-electron chi connectivity index (χ4n) is 1.69. The molecule has 3 aromatic rings. The van der Waals surface area contributed by atoms with Gasteiger partial charge in [0.1, 0.15) is 17.0 Å². The van der Waals surface area contributed by atoms with E-state index < -0.39 is 0 Å². The molecule has 0 unspecified atom stereocenters. The van der Waals surface area contributed by atoms with Crippen molar-refractivity contribution >= 4 is 17.1 Å². The van der Waals surface area contributed by atoms with Crippen molar-refractivity contribution < 1.29 is 8.83 Å². The molecule has 0 aliphatic carbocycles. The van der Waals surface area contributed by atoms with Crippen molar-refractivity contribution in [2.45, 2.75) is 6.92 Å². The topological polar surface area (TPSA) is 78.1 Å². The van der Waals surface area contributed by atoms with Gasteiger partial charge in [-0.15, -0.1) is 0 Å². The van der Waals surface area contributed by atoms with Gasteiger partial charge in [-0.1, -0.05) is 6.07 Å². The zero-order valence-electron chi connectivity index (χ0n) is 8.60. The molecule has 80 valence electrons. The molecule has 2 N–H and O–H groups in total. The lowest BCUT2D eigenvalue weighted by atomic mass is 10.1. The second-order valence-corrected chi connectivity index (χ2v) is 3.49. The van der Waals surface area contributed by atoms with Crippen LogP contribution in [0.4, 0.5) is 6.01 Å². The highest BCUT2D eigenvalue weighted by atomic mass is 16.4. The summed E-state index contributed by atoms with van der Waals surface area (Å²) in [6.07, 6.45) is 1.42. The van der Waals surface area contributed by atoms with E-state index in [-0.39, 0.29) is 6.01 Å². The first-order valence-corrected chi connectivity index (χ1v) is 4.80. The van der Waals surface area contributed by atoms with Crippen molar-refractivity contribution in [3.05, 3.63) is 30.4 Å². The minimum Gasteiger partial charge on any atom is -0.443 e. The predicted molar refractivity (Wildman–Crippen MR) is 58.7 cm³/mol. The number of hydrogen-bond donors (Lipinski definition) is 1. The Balaban J connectivity index is 2.21. The van der Waals surface area contributed by atoms with Gasteiger partial charge in [0, 0.05) is 5.56 Å². The van der Waals surface area contributed by atoms with Crippen molar-refractivity contribution in [1.82, 2.24) is 9.97 Å². The molecule has 0 aliphatic rings. The lowest BCUT2D eigenvalue weighted by molar-refractivity contribution is 0.549. The van der Waals surface area contributed by atoms with Crippen LogP contribution < -0.4 is 5.73 Å². The number of anilines is 1. The van der Waals surface area contributed by atoms with Gasteiger partial charge in [0.05, 0.1) is 0 Å². The van der Waals surface area contributed by atoms with E-state index in [0.29, 0.717) is 5.76 Å². The van der Waals surface area contributed by atoms with Gasteiger partial charge in [-0.25, -0.2) is 4.98 Å². The average molecular weight is 215 g/mol. The number of hydrogen-bond acceptors (Lipinski definition) is 5. The van der Waals surface area contributed by atoms with Gasteiger partial charge < -0.3 is 14.6 Å². The molecule has 16 heavy (non-hydrogen) atoms. The molecule has 2 aromatic heterocycles. The summed E-state index contributed by atoms with van der Waals surface area (Å²) in [6.45, 7) is 1.82. The summed E-state index contributed by atoms with van der Waals surface area (Å²) in [5.74, 6) is 0.691. The Hall–Kier alpha value is -2.30. The highest BCUT2D eigenvalue weighted by Gasteiger charge is 2.11. The quantitative estimate of drug-likeness (QED) is 0.674. The van der Waals surface area contributed by atoms with Gasteiger partial charge in [-0.05, 0) is 19.1 Å². The minimum absolute atomic E-state index is 0.171. The number of aromatic nitrogens is 2. The van der Waals surface area contributed by atoms with Gasteiger partial charge >= 0.3 is 0 Å². The molecule has 0 amide bonds. The van der Waals surface area contributed by atoms with Crippen LogP contribution in [-0.4, -0.2) is 9.97 Å². The Kier molecular flexibility index (Phi) is 1.73. The van der Waals surface area contributed by atoms with E-state index in [4.69, 9.17) is 14.6 Å². The molecule has 3 rings (SSSR count). The zero-order chi connectivity index (χ0) is 11.1. The fraction of sp³-hybridized carbons (Fsp3) is 0.0909. The second-order valence-electron chi connectivity index (χ2n) is 3.49. The smallest absolute Gasteiger partial charge is 0.292 e. The lowest BCUT2D eigenvalue weighted by Gasteiger charge is -1.96. The standard InChI is InChI=1S/C11H9N3O2/c1-6-10(14-11(12)16-6)7-2-3-8-9(4-7)15-5-13-8/h2-5H,1H3,(H2,12,14). The van der Waals surface area contributed by atoms with Crippen LogP contribution in [0.1, 0.15) is 5.76 Å². The number of nitrogen functional groups attached to an aromatic ring is 1. The van der Waals surface area contributed by atoms with Gasteiger partial charge in [0.2, 0.25) is 0 Å². The molecule has 0 aliphatic heterocycles. The number of oxazole rings is 2. The average Bonchev–Trinajstić information content (AvgIpc) is 2.83. The summed E-state index contributed by atoms with van der Waals surface area (Å²) in [5, 5.41) is 0. The monoisotopic (exact) mass is 215 g/mol. The van der Waals surface area contributed by atoms with Crippen LogP contribution in [-0.2, 0) is 0 Å². The van der Waals surface area contributed by atoms with Crippen LogP contribution in [0.3, 0.4) is 0 Å². The number of nitrogens with zero attached hydrogens (tertiary/aromatic N) is 2. The molecular formula is C11H9N3O2. The number of nitrogens with two attached hydrogens (primary N) is 1. The molecule has 5 nitrogen and oxygen atoms in total. The molecule has 0 saturated heterocycles. The molecule has 0 radical (unpaired) electrons. The number of aryl methyl sites for hydroxylation is 1. The molecule has 5 heteroatoms. The highest BCUT2D eigenvalue weighted by molar-refractivity contribution is 5.79. The molecule has 2 heterocycles. The molecule has 0 atom stereocenters. The first-order valence-electron chi connectivity index (χ1n) is 4.80. The van der Waals surface area contributed by atoms with Gasteiger partial charge in [-0.2, -0.15) is 4.98 Å². The summed E-state index contributed by atoms with van der Waals surface area (Å²) >= 11 is 0. The van der Waals surface area contributed by atoms with Crippen molar-refractivity contribution in [2.24, 2.45) is 0 Å². The highest BCUT2D eigenvalue weighted by Crippen LogP contribution is 2.27. The first kappa shape index (κ1) is 8.96. The van der Waals surface area contributed by atoms with E-state index in [1.165, 1.54) is 6.39 Å². The molecule has 0 spiro atoms. The zero-order valence-corrected chi connectivity index (χ0v) is 8.60. The van der Waals surface area contributed by atoms with Crippen molar-refractivity contribution in [3.63, 3.8) is 0 Å². The number of rotatable bonds is 1. The van der Waals surface area contributed by atoms with Crippen molar-refractivity contribution in [1.29, 1.82) is 0 Å². The maximum absolute atomic E-state index is 5.50. The SMILES string of the molecule is Cc1oc(N)nc1-c1ccc2ncoc2c1. The van der Waals surface area contributed by atoms with Crippen molar-refractivity contribution in [3.8, 4) is 11.3 Å². The fourth-order valence-corrected chi connectivity index (χ4v) is 1.69. The Morgan fingerprint density at radius 2 is 2.19 bits per heavy atom. The van der Waals surface area contributed by atoms with Crippen LogP contribution in [0.2, 0.25) is 0 Å². The lowest BCUT2D eigenvalue weighted by Crippen LogP contribution is -1.84. The van der Waals surface area contributed by atoms with Crippen molar-refractivity contribution in [2.75, 3.05) is 5.73 Å². The summed E-state index contributed by atoms with van der Waals surface area (Å²) < 4.78 is 10.4. The third-order valence-electron chi connectivity index (χ3n) is 2.42. The molecular weight excluding hydrogens is 206 g/mol. The summed E-state index contributed by atoms with van der Waals surface area (Å²) in [7, 11) is 0. The van der Waals surface area contributed by atoms with E-state index in [9.17, 15) is 0 Å². The van der Waals surface area contributed by atoms with E-state index >= 15 is 0 Å². The third kappa shape index (κ3) is 1.25. The Bertz CT molecular complexity index is 654. The van der Waals surface area contributed by atoms with Gasteiger partial charge in [0.15, 0.2) is 12.0 Å². The normalized spacial score (nSPS) is 11.1. The summed E-state index contributed by atoms with van der Waals surface area (Å²) in [4.78, 5) is 8.17. The molecule has 0 saturated carbocycles. The van der Waals surface area contributed by atoms with E-state index in [1.54, 1.807) is 0 Å². The molecule has 0 fully saturated rings. The Labute approximate surface area is 90.9 Å². The second kappa shape index (κ2) is 3.10. The summed E-state index contributed by atoms with van der Waals surface area (Å²) in [5.41, 5.74) is 8.67. The van der Waals surface area contributed by atoms with Crippen LogP contribution in [0.25, 0.3) is 22.4 Å². The Morgan fingerprint density at radius 1 is 1.31 bits per heavy atom. The molecule has 1 aromatic carbocycles. The maximum Gasteiger partial charge on any atom is 0.292 e. The van der Waals surface area contributed by atoms with Gasteiger partial charge in [-0.3, -0.25) is 0 Å². The third-order valence-corrected chi connectivity index (χ3v) is 2.42. The van der Waals surface area contributed by atoms with E-state index in [1.807, 2.05) is 25.1 Å². The van der Waals surface area contributed by atoms with E-state index in [0.717, 1.165) is 22.4 Å². The largest absolute Gasteiger partial charge is 0.443 e. The number of benzene rings is 1. The number of fused-ring (bicyclic) bond motifs is 1.